The molecular formula is C15H14Cl2N4O. The molecule has 0 fully saturated rings. The molecule has 0 unspecified atom stereocenters. The Bertz CT molecular complexity index is 719. The van der Waals surface area contributed by atoms with Crippen LogP contribution in [0.25, 0.3) is 6.08 Å². The van der Waals surface area contributed by atoms with Crippen molar-refractivity contribution in [3.05, 3.63) is 51.5 Å². The van der Waals surface area contributed by atoms with E-state index in [0.29, 0.717) is 16.6 Å². The smallest absolute Gasteiger partial charge is 0.244 e. The molecule has 3 rings (SSSR count). The number of aromatic nitrogens is 3. The van der Waals surface area contributed by atoms with Gasteiger partial charge in [0, 0.05) is 29.1 Å². The zero-order valence-corrected chi connectivity index (χ0v) is 13.2. The van der Waals surface area contributed by atoms with Crippen LogP contribution in [-0.2, 0) is 24.3 Å². The average Bonchev–Trinajstić information content (AvgIpc) is 3.05. The van der Waals surface area contributed by atoms with Gasteiger partial charge in [0.1, 0.15) is 5.82 Å². The molecule has 1 aromatic carbocycles. The molecular weight excluding hydrogens is 323 g/mol. The Hall–Kier alpha value is -1.85. The van der Waals surface area contributed by atoms with Crippen LogP contribution in [0, 0.1) is 0 Å². The minimum atomic E-state index is -0.202. The predicted octanol–water partition coefficient (Wildman–Crippen LogP) is 2.86. The minimum absolute atomic E-state index is 0.202. The molecule has 1 aliphatic rings. The molecule has 0 spiro atoms. The summed E-state index contributed by atoms with van der Waals surface area (Å²) in [6.07, 6.45) is 5.15. The fourth-order valence-electron chi connectivity index (χ4n) is 2.41. The summed E-state index contributed by atoms with van der Waals surface area (Å²) in [6, 6.07) is 5.12. The molecule has 1 amide bonds. The number of aryl methyl sites for hydroxylation is 1. The second-order valence-electron chi connectivity index (χ2n) is 5.04. The second kappa shape index (κ2) is 6.50. The molecule has 1 N–H and O–H groups in total. The van der Waals surface area contributed by atoms with Crippen molar-refractivity contribution >= 4 is 35.2 Å². The maximum Gasteiger partial charge on any atom is 0.244 e. The van der Waals surface area contributed by atoms with Gasteiger partial charge in [-0.25, -0.2) is 0 Å². The Morgan fingerprint density at radius 2 is 2.05 bits per heavy atom. The van der Waals surface area contributed by atoms with Gasteiger partial charge >= 0.3 is 0 Å². The lowest BCUT2D eigenvalue weighted by Crippen LogP contribution is -2.22. The largest absolute Gasteiger partial charge is 0.345 e. The fourth-order valence-corrected chi connectivity index (χ4v) is 2.95. The average molecular weight is 337 g/mol. The van der Waals surface area contributed by atoms with Crippen LogP contribution in [0.5, 0.6) is 0 Å². The fraction of sp³-hybridized carbons (Fsp3) is 0.267. The van der Waals surface area contributed by atoms with E-state index in [0.717, 1.165) is 36.6 Å². The molecule has 0 bridgehead atoms. The van der Waals surface area contributed by atoms with Gasteiger partial charge < -0.3 is 9.88 Å². The van der Waals surface area contributed by atoms with Crippen molar-refractivity contribution in [2.45, 2.75) is 25.9 Å². The molecule has 1 aliphatic heterocycles. The molecule has 22 heavy (non-hydrogen) atoms. The summed E-state index contributed by atoms with van der Waals surface area (Å²) >= 11 is 11.8. The van der Waals surface area contributed by atoms with Gasteiger partial charge in [0.05, 0.1) is 6.54 Å². The molecule has 2 heterocycles. The Kier molecular flexibility index (Phi) is 4.45. The van der Waals surface area contributed by atoms with Crippen LogP contribution in [-0.4, -0.2) is 20.7 Å². The number of hydrogen-bond donors (Lipinski definition) is 1. The Labute approximate surface area is 137 Å². The number of hydrogen-bond acceptors (Lipinski definition) is 3. The van der Waals surface area contributed by atoms with Crippen LogP contribution in [0.2, 0.25) is 10.0 Å². The molecule has 1 aromatic heterocycles. The van der Waals surface area contributed by atoms with Gasteiger partial charge in [-0.15, -0.1) is 10.2 Å². The first-order valence-electron chi connectivity index (χ1n) is 6.95. The zero-order chi connectivity index (χ0) is 15.5. The summed E-state index contributed by atoms with van der Waals surface area (Å²) in [5.41, 5.74) is 0.774. The van der Waals surface area contributed by atoms with Crippen LogP contribution in [0.1, 0.15) is 23.6 Å². The maximum absolute atomic E-state index is 11.9. The summed E-state index contributed by atoms with van der Waals surface area (Å²) in [6.45, 7) is 1.29. The van der Waals surface area contributed by atoms with Gasteiger partial charge in [0.2, 0.25) is 5.91 Å². The van der Waals surface area contributed by atoms with E-state index in [1.165, 1.54) is 6.08 Å². The highest BCUT2D eigenvalue weighted by Crippen LogP contribution is 2.19. The van der Waals surface area contributed by atoms with Crippen LogP contribution in [0.3, 0.4) is 0 Å². The maximum atomic E-state index is 11.9. The first-order chi connectivity index (χ1) is 10.6. The molecule has 5 nitrogen and oxygen atoms in total. The third-order valence-electron chi connectivity index (χ3n) is 3.42. The van der Waals surface area contributed by atoms with E-state index >= 15 is 0 Å². The van der Waals surface area contributed by atoms with Gasteiger partial charge in [-0.2, -0.15) is 0 Å². The standard InChI is InChI=1S/C15H14Cl2N4O/c16-11-6-10(7-12(17)8-11)3-4-15(22)18-9-14-20-19-13-2-1-5-21(13)14/h3-4,6-8H,1-2,5,9H2,(H,18,22)/b4-3+. The van der Waals surface area contributed by atoms with Crippen LogP contribution in [0.15, 0.2) is 24.3 Å². The number of rotatable bonds is 4. The van der Waals surface area contributed by atoms with Crippen molar-refractivity contribution in [3.8, 4) is 0 Å². The third kappa shape index (κ3) is 3.48. The molecule has 2 aromatic rings. The van der Waals surface area contributed by atoms with Crippen LogP contribution < -0.4 is 5.32 Å². The molecule has 114 valence electrons. The van der Waals surface area contributed by atoms with Gasteiger partial charge in [-0.1, -0.05) is 23.2 Å². The lowest BCUT2D eigenvalue weighted by molar-refractivity contribution is -0.116. The number of halogens is 2. The van der Waals surface area contributed by atoms with Crippen molar-refractivity contribution < 1.29 is 4.79 Å². The van der Waals surface area contributed by atoms with Crippen LogP contribution in [0.4, 0.5) is 0 Å². The number of benzene rings is 1. The highest BCUT2D eigenvalue weighted by molar-refractivity contribution is 6.34. The first-order valence-corrected chi connectivity index (χ1v) is 7.70. The SMILES string of the molecule is O=C(/C=C/c1cc(Cl)cc(Cl)c1)NCc1nnc2n1CCC2. The monoisotopic (exact) mass is 336 g/mol. The normalized spacial score (nSPS) is 13.5. The quantitative estimate of drug-likeness (QED) is 0.873. The van der Waals surface area contributed by atoms with Gasteiger partial charge in [-0.3, -0.25) is 4.79 Å². The lowest BCUT2D eigenvalue weighted by atomic mass is 10.2. The lowest BCUT2D eigenvalue weighted by Gasteiger charge is -2.03. The number of amides is 1. The molecule has 0 radical (unpaired) electrons. The Balaban J connectivity index is 1.59. The van der Waals surface area contributed by atoms with Gasteiger partial charge in [0.15, 0.2) is 5.82 Å². The number of carbonyl (C=O) groups excluding carboxylic acids is 1. The summed E-state index contributed by atoms with van der Waals surface area (Å²) in [7, 11) is 0. The number of fused-ring (bicyclic) bond motifs is 1. The highest BCUT2D eigenvalue weighted by atomic mass is 35.5. The van der Waals surface area contributed by atoms with E-state index in [-0.39, 0.29) is 5.91 Å². The third-order valence-corrected chi connectivity index (χ3v) is 3.86. The molecule has 0 saturated carbocycles. The van der Waals surface area contributed by atoms with Gasteiger partial charge in [-0.05, 0) is 36.3 Å². The van der Waals surface area contributed by atoms with E-state index in [4.69, 9.17) is 23.2 Å². The number of carbonyl (C=O) groups is 1. The summed E-state index contributed by atoms with van der Waals surface area (Å²) in [5, 5.41) is 12.1. The van der Waals surface area contributed by atoms with E-state index in [1.54, 1.807) is 24.3 Å². The topological polar surface area (TPSA) is 59.8 Å². The van der Waals surface area contributed by atoms with Gasteiger partial charge in [0.25, 0.3) is 0 Å². The Morgan fingerprint density at radius 3 is 2.82 bits per heavy atom. The summed E-state index contributed by atoms with van der Waals surface area (Å²) < 4.78 is 2.06. The summed E-state index contributed by atoms with van der Waals surface area (Å²) in [5.74, 6) is 1.58. The van der Waals surface area contributed by atoms with Crippen molar-refractivity contribution in [1.82, 2.24) is 20.1 Å². The van der Waals surface area contributed by atoms with Crippen molar-refractivity contribution in [2.75, 3.05) is 0 Å². The molecule has 0 saturated heterocycles. The van der Waals surface area contributed by atoms with E-state index in [9.17, 15) is 4.79 Å². The summed E-state index contributed by atoms with van der Waals surface area (Å²) in [4.78, 5) is 11.9. The molecule has 0 atom stereocenters. The van der Waals surface area contributed by atoms with E-state index < -0.39 is 0 Å². The predicted molar refractivity (Wildman–Crippen MR) is 85.7 cm³/mol. The number of nitrogens with one attached hydrogen (secondary N) is 1. The first kappa shape index (κ1) is 15.1. The Morgan fingerprint density at radius 1 is 1.27 bits per heavy atom. The van der Waals surface area contributed by atoms with Crippen molar-refractivity contribution in [1.29, 1.82) is 0 Å². The molecule has 0 aliphatic carbocycles. The van der Waals surface area contributed by atoms with Crippen molar-refractivity contribution in [3.63, 3.8) is 0 Å². The number of nitrogens with zero attached hydrogens (tertiary/aromatic N) is 3. The second-order valence-corrected chi connectivity index (χ2v) is 5.91. The highest BCUT2D eigenvalue weighted by Gasteiger charge is 2.16. The zero-order valence-electron chi connectivity index (χ0n) is 11.7. The minimum Gasteiger partial charge on any atom is -0.345 e. The van der Waals surface area contributed by atoms with Crippen molar-refractivity contribution in [2.24, 2.45) is 0 Å². The van der Waals surface area contributed by atoms with E-state index in [2.05, 4.69) is 20.1 Å². The van der Waals surface area contributed by atoms with Crippen LogP contribution >= 0.6 is 23.2 Å². The molecule has 7 heteroatoms. The van der Waals surface area contributed by atoms with E-state index in [1.807, 2.05) is 0 Å².